The molecule has 0 amide bonds. The van der Waals surface area contributed by atoms with Gasteiger partial charge in [-0.25, -0.2) is 0 Å². The molecule has 2 N–H and O–H groups in total. The van der Waals surface area contributed by atoms with Crippen LogP contribution in [0.1, 0.15) is 22.3 Å². The molecule has 0 spiro atoms. The van der Waals surface area contributed by atoms with Gasteiger partial charge < -0.3 is 10.2 Å². The second kappa shape index (κ2) is 19.6. The van der Waals surface area contributed by atoms with Crippen molar-refractivity contribution in [3.63, 3.8) is 0 Å². The number of nitrogens with zero attached hydrogens (tertiary/aromatic N) is 2. The van der Waals surface area contributed by atoms with Crippen LogP contribution < -0.4 is 0 Å². The highest BCUT2D eigenvalue weighted by Crippen LogP contribution is 2.12. The first-order valence-corrected chi connectivity index (χ1v) is 12.3. The number of aliphatic hydroxyl groups is 2. The summed E-state index contributed by atoms with van der Waals surface area (Å²) in [6, 6.07) is 26.2. The SMILES string of the molecule is Ic1ccccc1I.N#CC#Cc1ccccc1C#CC#N.OCC#Cc1ccccc1C#CCO. The second-order valence-electron chi connectivity index (χ2n) is 6.15. The van der Waals surface area contributed by atoms with Crippen LogP contribution >= 0.6 is 45.2 Å². The van der Waals surface area contributed by atoms with E-state index in [2.05, 4.69) is 105 Å². The van der Waals surface area contributed by atoms with Gasteiger partial charge in [0.05, 0.1) is 0 Å². The number of halogens is 2. The van der Waals surface area contributed by atoms with Crippen molar-refractivity contribution in [1.29, 1.82) is 10.5 Å². The van der Waals surface area contributed by atoms with Crippen LogP contribution in [0.3, 0.4) is 0 Å². The van der Waals surface area contributed by atoms with Gasteiger partial charge >= 0.3 is 0 Å². The van der Waals surface area contributed by atoms with Crippen LogP contribution in [0.25, 0.3) is 0 Å². The van der Waals surface area contributed by atoms with Crippen molar-refractivity contribution in [3.8, 4) is 59.5 Å². The maximum Gasteiger partial charge on any atom is 0.152 e. The summed E-state index contributed by atoms with van der Waals surface area (Å²) in [5.41, 5.74) is 2.86. The zero-order valence-corrected chi connectivity index (χ0v) is 23.2. The van der Waals surface area contributed by atoms with Gasteiger partial charge in [-0.2, -0.15) is 10.5 Å². The van der Waals surface area contributed by atoms with E-state index < -0.39 is 0 Å². The van der Waals surface area contributed by atoms with Gasteiger partial charge in [-0.05, 0) is 93.4 Å². The summed E-state index contributed by atoms with van der Waals surface area (Å²) < 4.78 is 2.65. The molecular formula is C30H18I2N2O2. The number of hydrogen-bond acceptors (Lipinski definition) is 4. The van der Waals surface area contributed by atoms with Crippen LogP contribution in [0.15, 0.2) is 72.8 Å². The van der Waals surface area contributed by atoms with E-state index in [1.807, 2.05) is 36.4 Å². The molecule has 36 heavy (non-hydrogen) atoms. The third-order valence-corrected chi connectivity index (χ3v) is 6.70. The van der Waals surface area contributed by atoms with Crippen LogP contribution in [0, 0.1) is 77.2 Å². The Bertz CT molecular complexity index is 1370. The predicted molar refractivity (Wildman–Crippen MR) is 158 cm³/mol. The Morgan fingerprint density at radius 3 is 1.11 bits per heavy atom. The molecule has 0 fully saturated rings. The molecule has 0 aliphatic rings. The summed E-state index contributed by atoms with van der Waals surface area (Å²) in [6.07, 6.45) is 0. The van der Waals surface area contributed by atoms with Gasteiger partial charge in [0.25, 0.3) is 0 Å². The topological polar surface area (TPSA) is 88.0 Å². The molecule has 3 aromatic carbocycles. The Kier molecular flexibility index (Phi) is 16.5. The molecule has 0 bridgehead atoms. The predicted octanol–water partition coefficient (Wildman–Crippen LogP) is 4.71. The highest BCUT2D eigenvalue weighted by Gasteiger charge is 1.94. The quantitative estimate of drug-likeness (QED) is 0.264. The first kappa shape index (κ1) is 30.3. The molecule has 0 aliphatic carbocycles. The highest BCUT2D eigenvalue weighted by atomic mass is 127. The lowest BCUT2D eigenvalue weighted by atomic mass is 10.1. The Balaban J connectivity index is 0.000000281. The average Bonchev–Trinajstić information content (AvgIpc) is 2.91. The molecule has 3 aromatic rings. The Labute approximate surface area is 239 Å². The molecule has 0 unspecified atom stereocenters. The molecule has 0 aromatic heterocycles. The fourth-order valence-corrected chi connectivity index (χ4v) is 3.08. The summed E-state index contributed by atoms with van der Waals surface area (Å²) in [6.45, 7) is -0.330. The second-order valence-corrected chi connectivity index (χ2v) is 8.47. The van der Waals surface area contributed by atoms with E-state index >= 15 is 0 Å². The van der Waals surface area contributed by atoms with Crippen molar-refractivity contribution in [2.75, 3.05) is 13.2 Å². The molecule has 174 valence electrons. The Morgan fingerprint density at radius 2 is 0.833 bits per heavy atom. The van der Waals surface area contributed by atoms with Gasteiger partial charge in [0, 0.05) is 41.2 Å². The largest absolute Gasteiger partial charge is 0.384 e. The minimum absolute atomic E-state index is 0.165. The fraction of sp³-hybridized carbons (Fsp3) is 0.0667. The minimum Gasteiger partial charge on any atom is -0.384 e. The number of rotatable bonds is 0. The van der Waals surface area contributed by atoms with Crippen molar-refractivity contribution in [2.45, 2.75) is 0 Å². The molecule has 0 radical (unpaired) electrons. The summed E-state index contributed by atoms with van der Waals surface area (Å²) in [5.74, 6) is 20.6. The molecule has 0 aliphatic heterocycles. The summed E-state index contributed by atoms with van der Waals surface area (Å²) >= 11 is 4.63. The van der Waals surface area contributed by atoms with E-state index in [0.717, 1.165) is 11.1 Å². The number of nitriles is 2. The van der Waals surface area contributed by atoms with E-state index in [4.69, 9.17) is 20.7 Å². The van der Waals surface area contributed by atoms with Gasteiger partial charge in [0.1, 0.15) is 13.2 Å². The van der Waals surface area contributed by atoms with Crippen molar-refractivity contribution in [3.05, 3.63) is 102 Å². The zero-order chi connectivity index (χ0) is 26.4. The van der Waals surface area contributed by atoms with Crippen molar-refractivity contribution >= 4 is 45.2 Å². The number of hydrogen-bond donors (Lipinski definition) is 2. The third kappa shape index (κ3) is 12.6. The number of aliphatic hydroxyl groups excluding tert-OH is 2. The number of benzene rings is 3. The highest BCUT2D eigenvalue weighted by molar-refractivity contribution is 14.1. The van der Waals surface area contributed by atoms with E-state index in [-0.39, 0.29) is 13.2 Å². The standard InChI is InChI=1S/C12H4N2.C12H10O2.C6H4I2/c2*13-9-3-7-11-5-1-2-6-12(11)8-4-10-14;7-5-3-1-2-4-6(5)8/h1-2,5-6H;1-2,5-6,13-14H,9-10H2;1-4H. The smallest absolute Gasteiger partial charge is 0.152 e. The van der Waals surface area contributed by atoms with Crippen LogP contribution in [-0.4, -0.2) is 23.4 Å². The third-order valence-electron chi connectivity index (χ3n) is 3.79. The molecule has 4 nitrogen and oxygen atoms in total. The summed E-state index contributed by atoms with van der Waals surface area (Å²) in [5, 5.41) is 33.7. The van der Waals surface area contributed by atoms with Crippen molar-refractivity contribution in [2.24, 2.45) is 0 Å². The molecule has 0 heterocycles. The zero-order valence-electron chi connectivity index (χ0n) is 18.9. The van der Waals surface area contributed by atoms with Gasteiger partial charge in [-0.1, -0.05) is 60.1 Å². The van der Waals surface area contributed by atoms with E-state index in [0.29, 0.717) is 11.1 Å². The van der Waals surface area contributed by atoms with Crippen molar-refractivity contribution in [1.82, 2.24) is 0 Å². The first-order valence-electron chi connectivity index (χ1n) is 10.1. The molecule has 3 rings (SSSR count). The maximum absolute atomic E-state index is 8.54. The van der Waals surface area contributed by atoms with Crippen LogP contribution in [-0.2, 0) is 0 Å². The van der Waals surface area contributed by atoms with Crippen molar-refractivity contribution < 1.29 is 10.2 Å². The van der Waals surface area contributed by atoms with Gasteiger partial charge in [-0.15, -0.1) is 0 Å². The fourth-order valence-electron chi connectivity index (χ4n) is 2.30. The normalized spacial score (nSPS) is 7.83. The molecular weight excluding hydrogens is 674 g/mol. The monoisotopic (exact) mass is 692 g/mol. The van der Waals surface area contributed by atoms with E-state index in [1.54, 1.807) is 36.4 Å². The van der Waals surface area contributed by atoms with Gasteiger partial charge in [0.2, 0.25) is 0 Å². The lowest BCUT2D eigenvalue weighted by molar-refractivity contribution is 0.350. The van der Waals surface area contributed by atoms with Crippen LogP contribution in [0.4, 0.5) is 0 Å². The molecule has 6 heteroatoms. The Hall–Kier alpha value is -3.74. The lowest BCUT2D eigenvalue weighted by Gasteiger charge is -1.94. The van der Waals surface area contributed by atoms with E-state index in [1.165, 1.54) is 7.14 Å². The lowest BCUT2D eigenvalue weighted by Crippen LogP contribution is -1.84. The minimum atomic E-state index is -0.165. The van der Waals surface area contributed by atoms with Gasteiger partial charge in [-0.3, -0.25) is 0 Å². The molecule has 0 saturated carbocycles. The van der Waals surface area contributed by atoms with Crippen LogP contribution in [0.2, 0.25) is 0 Å². The maximum atomic E-state index is 8.54. The first-order chi connectivity index (χ1) is 17.6. The summed E-state index contributed by atoms with van der Waals surface area (Å²) in [7, 11) is 0. The average molecular weight is 692 g/mol. The summed E-state index contributed by atoms with van der Waals surface area (Å²) in [4.78, 5) is 0. The van der Waals surface area contributed by atoms with Gasteiger partial charge in [0.15, 0.2) is 12.1 Å². The van der Waals surface area contributed by atoms with E-state index in [9.17, 15) is 0 Å². The Morgan fingerprint density at radius 1 is 0.528 bits per heavy atom. The van der Waals surface area contributed by atoms with Crippen LogP contribution in [0.5, 0.6) is 0 Å². The molecule has 0 atom stereocenters. The molecule has 0 saturated heterocycles.